The fourth-order valence-electron chi connectivity index (χ4n) is 1.52. The third kappa shape index (κ3) is 4.73. The minimum Gasteiger partial charge on any atom is -0.383 e. The van der Waals surface area contributed by atoms with Crippen molar-refractivity contribution in [3.8, 4) is 0 Å². The highest BCUT2D eigenvalue weighted by atomic mass is 16.5. The summed E-state index contributed by atoms with van der Waals surface area (Å²) in [6.07, 6.45) is 2.54. The number of methoxy groups -OCH3 is 1. The van der Waals surface area contributed by atoms with Gasteiger partial charge in [0.25, 0.3) is 0 Å². The molecule has 0 spiro atoms. The molecule has 0 saturated heterocycles. The molecule has 0 heterocycles. The molecule has 0 fully saturated rings. The first-order valence-electron chi connectivity index (χ1n) is 4.98. The Morgan fingerprint density at radius 2 is 2.00 bits per heavy atom. The molecular formula is C10H23NO. The number of rotatable bonds is 7. The number of likely N-dealkylation sites (N-methyl/N-ethyl adjacent to an activating group) is 1. The van der Waals surface area contributed by atoms with E-state index in [-0.39, 0.29) is 0 Å². The average Bonchev–Trinajstić information content (AvgIpc) is 2.04. The van der Waals surface area contributed by atoms with Crippen molar-refractivity contribution in [2.24, 2.45) is 5.92 Å². The van der Waals surface area contributed by atoms with E-state index in [1.807, 2.05) is 0 Å². The van der Waals surface area contributed by atoms with Gasteiger partial charge in [-0.15, -0.1) is 0 Å². The number of hydrogen-bond donors (Lipinski definition) is 1. The van der Waals surface area contributed by atoms with Crippen LogP contribution in [0.3, 0.4) is 0 Å². The molecule has 0 aromatic rings. The summed E-state index contributed by atoms with van der Waals surface area (Å²) in [6.45, 7) is 8.51. The Bertz CT molecular complexity index is 89.8. The molecule has 2 unspecified atom stereocenters. The van der Waals surface area contributed by atoms with Gasteiger partial charge < -0.3 is 10.1 Å². The van der Waals surface area contributed by atoms with Crippen molar-refractivity contribution in [1.82, 2.24) is 5.32 Å². The van der Waals surface area contributed by atoms with Crippen LogP contribution >= 0.6 is 0 Å². The number of hydrogen-bond acceptors (Lipinski definition) is 2. The van der Waals surface area contributed by atoms with Crippen LogP contribution in [0.2, 0.25) is 0 Å². The largest absolute Gasteiger partial charge is 0.383 e. The third-order valence-corrected chi connectivity index (χ3v) is 2.24. The lowest BCUT2D eigenvalue weighted by Crippen LogP contribution is -2.38. The van der Waals surface area contributed by atoms with Gasteiger partial charge in [0.15, 0.2) is 0 Å². The van der Waals surface area contributed by atoms with E-state index in [0.717, 1.165) is 19.1 Å². The summed E-state index contributed by atoms with van der Waals surface area (Å²) < 4.78 is 5.16. The molecular weight excluding hydrogens is 150 g/mol. The Morgan fingerprint density at radius 1 is 1.33 bits per heavy atom. The van der Waals surface area contributed by atoms with Crippen LogP contribution in [-0.2, 0) is 4.74 Å². The van der Waals surface area contributed by atoms with Crippen LogP contribution in [0.1, 0.15) is 33.6 Å². The fraction of sp³-hybridized carbons (Fsp3) is 1.00. The van der Waals surface area contributed by atoms with Gasteiger partial charge >= 0.3 is 0 Å². The molecule has 12 heavy (non-hydrogen) atoms. The molecule has 0 bridgehead atoms. The van der Waals surface area contributed by atoms with Gasteiger partial charge in [-0.3, -0.25) is 0 Å². The molecule has 0 aromatic heterocycles. The van der Waals surface area contributed by atoms with Crippen LogP contribution in [-0.4, -0.2) is 26.3 Å². The van der Waals surface area contributed by atoms with E-state index >= 15 is 0 Å². The zero-order chi connectivity index (χ0) is 9.40. The van der Waals surface area contributed by atoms with Crippen LogP contribution in [0.4, 0.5) is 0 Å². The summed E-state index contributed by atoms with van der Waals surface area (Å²) in [5, 5.41) is 3.44. The normalized spacial score (nSPS) is 16.0. The van der Waals surface area contributed by atoms with Gasteiger partial charge in [-0.05, 0) is 18.9 Å². The number of ether oxygens (including phenoxy) is 1. The number of nitrogens with one attached hydrogen (secondary N) is 1. The quantitative estimate of drug-likeness (QED) is 0.636. The lowest BCUT2D eigenvalue weighted by atomic mass is 9.97. The van der Waals surface area contributed by atoms with Gasteiger partial charge in [-0.25, -0.2) is 0 Å². The summed E-state index contributed by atoms with van der Waals surface area (Å²) in [4.78, 5) is 0. The van der Waals surface area contributed by atoms with Gasteiger partial charge in [-0.1, -0.05) is 27.2 Å². The first-order chi connectivity index (χ1) is 5.76. The van der Waals surface area contributed by atoms with Crippen LogP contribution in [0.25, 0.3) is 0 Å². The third-order valence-electron chi connectivity index (χ3n) is 2.24. The minimum atomic E-state index is 0.528. The SMILES string of the molecule is CCCC(C)C(COC)NCC. The topological polar surface area (TPSA) is 21.3 Å². The van der Waals surface area contributed by atoms with Gasteiger partial charge in [0.05, 0.1) is 6.61 Å². The monoisotopic (exact) mass is 173 g/mol. The Kier molecular flexibility index (Phi) is 7.51. The molecule has 0 aromatic carbocycles. The standard InChI is InChI=1S/C10H23NO/c1-5-7-9(3)10(8-12-4)11-6-2/h9-11H,5-8H2,1-4H3. The second-order valence-corrected chi connectivity index (χ2v) is 3.39. The van der Waals surface area contributed by atoms with Gasteiger partial charge in [0, 0.05) is 13.2 Å². The Morgan fingerprint density at radius 3 is 2.42 bits per heavy atom. The summed E-state index contributed by atoms with van der Waals surface area (Å²) in [5.74, 6) is 0.717. The van der Waals surface area contributed by atoms with E-state index in [2.05, 4.69) is 26.1 Å². The van der Waals surface area contributed by atoms with E-state index in [4.69, 9.17) is 4.74 Å². The molecule has 0 aliphatic rings. The van der Waals surface area contributed by atoms with E-state index < -0.39 is 0 Å². The van der Waals surface area contributed by atoms with E-state index in [1.165, 1.54) is 12.8 Å². The highest BCUT2D eigenvalue weighted by molar-refractivity contribution is 4.71. The Hall–Kier alpha value is -0.0800. The molecule has 2 atom stereocenters. The smallest absolute Gasteiger partial charge is 0.0618 e. The lowest BCUT2D eigenvalue weighted by Gasteiger charge is -2.23. The molecule has 0 saturated carbocycles. The predicted octanol–water partition coefficient (Wildman–Crippen LogP) is 2.05. The van der Waals surface area contributed by atoms with Crippen molar-refractivity contribution in [2.45, 2.75) is 39.7 Å². The molecule has 0 radical (unpaired) electrons. The zero-order valence-electron chi connectivity index (χ0n) is 8.89. The molecule has 2 nitrogen and oxygen atoms in total. The minimum absolute atomic E-state index is 0.528. The summed E-state index contributed by atoms with van der Waals surface area (Å²) >= 11 is 0. The second-order valence-electron chi connectivity index (χ2n) is 3.39. The van der Waals surface area contributed by atoms with Gasteiger partial charge in [0.1, 0.15) is 0 Å². The van der Waals surface area contributed by atoms with E-state index in [0.29, 0.717) is 6.04 Å². The van der Waals surface area contributed by atoms with Crippen molar-refractivity contribution in [3.63, 3.8) is 0 Å². The molecule has 0 aliphatic heterocycles. The van der Waals surface area contributed by atoms with Crippen LogP contribution in [0, 0.1) is 5.92 Å². The summed E-state index contributed by atoms with van der Waals surface area (Å²) in [5.41, 5.74) is 0. The van der Waals surface area contributed by atoms with Gasteiger partial charge in [0.2, 0.25) is 0 Å². The first-order valence-corrected chi connectivity index (χ1v) is 4.98. The van der Waals surface area contributed by atoms with Crippen LogP contribution < -0.4 is 5.32 Å². The van der Waals surface area contributed by atoms with Crippen molar-refractivity contribution < 1.29 is 4.74 Å². The Labute approximate surface area is 76.7 Å². The van der Waals surface area contributed by atoms with Crippen molar-refractivity contribution >= 4 is 0 Å². The zero-order valence-corrected chi connectivity index (χ0v) is 8.89. The molecule has 74 valence electrons. The maximum Gasteiger partial charge on any atom is 0.0618 e. The maximum absolute atomic E-state index is 5.16. The molecule has 0 amide bonds. The van der Waals surface area contributed by atoms with E-state index in [9.17, 15) is 0 Å². The molecule has 0 rings (SSSR count). The van der Waals surface area contributed by atoms with Crippen LogP contribution in [0.15, 0.2) is 0 Å². The first kappa shape index (κ1) is 11.9. The highest BCUT2D eigenvalue weighted by Crippen LogP contribution is 2.10. The van der Waals surface area contributed by atoms with Crippen molar-refractivity contribution in [1.29, 1.82) is 0 Å². The molecule has 0 aliphatic carbocycles. The Balaban J connectivity index is 3.72. The highest BCUT2D eigenvalue weighted by Gasteiger charge is 2.14. The lowest BCUT2D eigenvalue weighted by molar-refractivity contribution is 0.141. The average molecular weight is 173 g/mol. The van der Waals surface area contributed by atoms with Gasteiger partial charge in [-0.2, -0.15) is 0 Å². The molecule has 2 heteroatoms. The predicted molar refractivity (Wildman–Crippen MR) is 53.4 cm³/mol. The molecule has 1 N–H and O–H groups in total. The summed E-state index contributed by atoms with van der Waals surface area (Å²) in [6, 6.07) is 0.528. The van der Waals surface area contributed by atoms with Crippen molar-refractivity contribution in [2.75, 3.05) is 20.3 Å². The second kappa shape index (κ2) is 7.56. The van der Waals surface area contributed by atoms with Crippen molar-refractivity contribution in [3.05, 3.63) is 0 Å². The summed E-state index contributed by atoms with van der Waals surface area (Å²) in [7, 11) is 1.77. The van der Waals surface area contributed by atoms with Crippen LogP contribution in [0.5, 0.6) is 0 Å². The van der Waals surface area contributed by atoms with E-state index in [1.54, 1.807) is 7.11 Å². The maximum atomic E-state index is 5.16. The fourth-order valence-corrected chi connectivity index (χ4v) is 1.52.